The number of carbonyl (C=O) groups is 1. The van der Waals surface area contributed by atoms with Gasteiger partial charge in [-0.2, -0.15) is 0 Å². The number of halogens is 2. The number of furan rings is 1. The Kier molecular flexibility index (Phi) is 4.65. The lowest BCUT2D eigenvalue weighted by Gasteiger charge is -2.08. The minimum absolute atomic E-state index is 0.165. The van der Waals surface area contributed by atoms with Crippen LogP contribution in [-0.2, 0) is 11.2 Å². The Morgan fingerprint density at radius 3 is 2.54 bits per heavy atom. The van der Waals surface area contributed by atoms with E-state index in [0.717, 1.165) is 22.1 Å². The molecule has 0 aliphatic rings. The predicted octanol–water partition coefficient (Wildman–Crippen LogP) is 5.78. The van der Waals surface area contributed by atoms with Crippen molar-refractivity contribution in [2.24, 2.45) is 0 Å². The predicted molar refractivity (Wildman–Crippen MR) is 96.8 cm³/mol. The molecule has 0 aliphatic heterocycles. The van der Waals surface area contributed by atoms with Crippen LogP contribution in [0, 0.1) is 0 Å². The van der Waals surface area contributed by atoms with Gasteiger partial charge in [-0.3, -0.25) is 0 Å². The fourth-order valence-corrected chi connectivity index (χ4v) is 3.17. The number of fused-ring (bicyclic) bond motifs is 1. The van der Waals surface area contributed by atoms with Crippen molar-refractivity contribution in [2.45, 2.75) is 6.42 Å². The molecule has 24 heavy (non-hydrogen) atoms. The molecule has 0 spiro atoms. The highest BCUT2D eigenvalue weighted by Crippen LogP contribution is 2.30. The minimum Gasteiger partial charge on any atom is -0.463 e. The van der Waals surface area contributed by atoms with E-state index < -0.39 is 5.97 Å². The minimum atomic E-state index is -0.510. The molecule has 1 aromatic heterocycles. The number of para-hydroxylation sites is 1. The molecular formula is C19H14Cl2O3. The third-order valence-corrected chi connectivity index (χ3v) is 4.09. The van der Waals surface area contributed by atoms with E-state index in [-0.39, 0.29) is 5.76 Å². The molecule has 5 heteroatoms. The molecule has 0 saturated heterocycles. The van der Waals surface area contributed by atoms with Crippen LogP contribution in [0.25, 0.3) is 16.5 Å². The third-order valence-electron chi connectivity index (χ3n) is 3.65. The highest BCUT2D eigenvalue weighted by molar-refractivity contribution is 6.34. The van der Waals surface area contributed by atoms with Crippen molar-refractivity contribution in [3.05, 3.63) is 76.0 Å². The second kappa shape index (κ2) is 6.71. The van der Waals surface area contributed by atoms with Crippen LogP contribution in [0.15, 0.2) is 53.5 Å². The number of methoxy groups -OCH3 is 1. The number of benzene rings is 2. The van der Waals surface area contributed by atoms with Gasteiger partial charge in [0, 0.05) is 21.0 Å². The molecule has 0 aliphatic carbocycles. The Morgan fingerprint density at radius 1 is 1.17 bits per heavy atom. The highest BCUT2D eigenvalue weighted by atomic mass is 35.5. The van der Waals surface area contributed by atoms with Crippen LogP contribution in [0.1, 0.15) is 21.7 Å². The lowest BCUT2D eigenvalue weighted by molar-refractivity contribution is 0.0567. The maximum atomic E-state index is 11.7. The van der Waals surface area contributed by atoms with E-state index in [1.54, 1.807) is 12.1 Å². The quantitative estimate of drug-likeness (QED) is 0.553. The summed E-state index contributed by atoms with van der Waals surface area (Å²) in [5.74, 6) is -0.345. The van der Waals surface area contributed by atoms with E-state index in [0.29, 0.717) is 22.0 Å². The number of hydrogen-bond donors (Lipinski definition) is 0. The number of allylic oxidation sites excluding steroid dienone is 1. The van der Waals surface area contributed by atoms with Crippen LogP contribution in [0.3, 0.4) is 0 Å². The first-order chi connectivity index (χ1) is 11.5. The summed E-state index contributed by atoms with van der Waals surface area (Å²) < 4.78 is 10.4. The average Bonchev–Trinajstić information content (AvgIpc) is 2.96. The number of carbonyl (C=O) groups excluding carboxylic acids is 1. The molecule has 0 atom stereocenters. The van der Waals surface area contributed by atoms with E-state index in [1.165, 1.54) is 7.11 Å². The lowest BCUT2D eigenvalue weighted by Crippen LogP contribution is -1.98. The average molecular weight is 361 g/mol. The summed E-state index contributed by atoms with van der Waals surface area (Å²) in [5.41, 5.74) is 3.23. The Bertz CT molecular complexity index is 921. The van der Waals surface area contributed by atoms with Crippen molar-refractivity contribution >= 4 is 45.7 Å². The second-order valence-electron chi connectivity index (χ2n) is 5.38. The van der Waals surface area contributed by atoms with E-state index in [4.69, 9.17) is 32.4 Å². The third kappa shape index (κ3) is 3.32. The molecule has 2 aromatic carbocycles. The number of ether oxygens (including phenoxy) is 1. The van der Waals surface area contributed by atoms with Gasteiger partial charge in [0.05, 0.1) is 7.11 Å². The van der Waals surface area contributed by atoms with Crippen molar-refractivity contribution in [3.8, 4) is 0 Å². The van der Waals surface area contributed by atoms with E-state index in [9.17, 15) is 4.79 Å². The van der Waals surface area contributed by atoms with Crippen molar-refractivity contribution in [2.75, 3.05) is 7.11 Å². The summed E-state index contributed by atoms with van der Waals surface area (Å²) in [6.07, 6.45) is 0.563. The highest BCUT2D eigenvalue weighted by Gasteiger charge is 2.16. The molecule has 3 aromatic rings. The molecule has 0 bridgehead atoms. The van der Waals surface area contributed by atoms with Crippen molar-refractivity contribution < 1.29 is 13.9 Å². The van der Waals surface area contributed by atoms with Crippen molar-refractivity contribution in [1.29, 1.82) is 0 Å². The summed E-state index contributed by atoms with van der Waals surface area (Å²) in [5, 5.41) is 1.97. The normalized spacial score (nSPS) is 10.8. The zero-order valence-corrected chi connectivity index (χ0v) is 14.4. The largest absolute Gasteiger partial charge is 0.463 e. The molecule has 1 heterocycles. The summed E-state index contributed by atoms with van der Waals surface area (Å²) in [6, 6.07) is 12.7. The molecule has 0 amide bonds. The molecular weight excluding hydrogens is 347 g/mol. The van der Waals surface area contributed by atoms with Gasteiger partial charge in [0.25, 0.3) is 0 Å². The zero-order valence-electron chi connectivity index (χ0n) is 12.9. The smallest absolute Gasteiger partial charge is 0.373 e. The lowest BCUT2D eigenvalue weighted by atomic mass is 9.98. The van der Waals surface area contributed by atoms with Crippen LogP contribution in [0.2, 0.25) is 10.0 Å². The molecule has 0 N–H and O–H groups in total. The van der Waals surface area contributed by atoms with Crippen LogP contribution in [0.4, 0.5) is 0 Å². The Labute approximate surface area is 149 Å². The van der Waals surface area contributed by atoms with Gasteiger partial charge in [0.2, 0.25) is 5.76 Å². The van der Waals surface area contributed by atoms with Crippen LogP contribution in [0.5, 0.6) is 0 Å². The van der Waals surface area contributed by atoms with Gasteiger partial charge in [-0.15, -0.1) is 0 Å². The second-order valence-corrected chi connectivity index (χ2v) is 6.26. The SMILES string of the molecule is C=C(Cc1cc(Cl)cc(Cl)c1)c1cccc2cc(C(=O)OC)oc12. The molecule has 0 saturated carbocycles. The molecule has 122 valence electrons. The number of hydrogen-bond acceptors (Lipinski definition) is 3. The van der Waals surface area contributed by atoms with Gasteiger partial charge in [-0.05, 0) is 41.8 Å². The standard InChI is InChI=1S/C19H14Cl2O3/c1-11(6-12-7-14(20)10-15(21)8-12)16-5-3-4-13-9-17(19(22)23-2)24-18(13)16/h3-5,7-10H,1,6H2,2H3. The van der Waals surface area contributed by atoms with Gasteiger partial charge in [0.1, 0.15) is 5.58 Å². The molecule has 3 rings (SSSR count). The fraction of sp³-hybridized carbons (Fsp3) is 0.105. The molecule has 0 radical (unpaired) electrons. The molecule has 3 nitrogen and oxygen atoms in total. The Morgan fingerprint density at radius 2 is 1.88 bits per heavy atom. The van der Waals surface area contributed by atoms with E-state index >= 15 is 0 Å². The first-order valence-corrected chi connectivity index (χ1v) is 7.97. The van der Waals surface area contributed by atoms with Gasteiger partial charge in [-0.1, -0.05) is 48.0 Å². The van der Waals surface area contributed by atoms with Crippen molar-refractivity contribution in [1.82, 2.24) is 0 Å². The van der Waals surface area contributed by atoms with Gasteiger partial charge >= 0.3 is 5.97 Å². The Balaban J connectivity index is 1.97. The van der Waals surface area contributed by atoms with Gasteiger partial charge < -0.3 is 9.15 Å². The van der Waals surface area contributed by atoms with Crippen LogP contribution in [-0.4, -0.2) is 13.1 Å². The van der Waals surface area contributed by atoms with Gasteiger partial charge in [0.15, 0.2) is 0 Å². The van der Waals surface area contributed by atoms with E-state index in [2.05, 4.69) is 6.58 Å². The molecule has 0 unspecified atom stereocenters. The zero-order chi connectivity index (χ0) is 17.3. The summed E-state index contributed by atoms with van der Waals surface area (Å²) in [4.78, 5) is 11.7. The maximum absolute atomic E-state index is 11.7. The first kappa shape index (κ1) is 16.6. The summed E-state index contributed by atoms with van der Waals surface area (Å²) in [6.45, 7) is 4.14. The molecule has 0 fully saturated rings. The van der Waals surface area contributed by atoms with Crippen molar-refractivity contribution in [3.63, 3.8) is 0 Å². The fourth-order valence-electron chi connectivity index (χ4n) is 2.60. The van der Waals surface area contributed by atoms with Crippen LogP contribution >= 0.6 is 23.2 Å². The monoisotopic (exact) mass is 360 g/mol. The van der Waals surface area contributed by atoms with Crippen LogP contribution < -0.4 is 0 Å². The maximum Gasteiger partial charge on any atom is 0.373 e. The van der Waals surface area contributed by atoms with Gasteiger partial charge in [-0.25, -0.2) is 4.79 Å². The summed E-state index contributed by atoms with van der Waals surface area (Å²) in [7, 11) is 1.32. The Hall–Kier alpha value is -2.23. The van der Waals surface area contributed by atoms with E-state index in [1.807, 2.05) is 30.3 Å². The number of esters is 1. The summed E-state index contributed by atoms with van der Waals surface area (Å²) >= 11 is 12.1. The number of rotatable bonds is 4. The first-order valence-electron chi connectivity index (χ1n) is 7.22. The topological polar surface area (TPSA) is 39.4 Å².